The van der Waals surface area contributed by atoms with Gasteiger partial charge in [0.25, 0.3) is 0 Å². The molecule has 0 bridgehead atoms. The summed E-state index contributed by atoms with van der Waals surface area (Å²) >= 11 is 0. The lowest BCUT2D eigenvalue weighted by atomic mass is 9.77. The average molecular weight is 224 g/mol. The molecule has 4 nitrogen and oxygen atoms in total. The topological polar surface area (TPSA) is 44.8 Å². The van der Waals surface area contributed by atoms with Crippen LogP contribution in [-0.2, 0) is 18.8 Å². The molecule has 0 saturated carbocycles. The van der Waals surface area contributed by atoms with Gasteiger partial charge in [-0.3, -0.25) is 4.79 Å². The second kappa shape index (κ2) is 3.69. The smallest absolute Gasteiger partial charge is 0.400 e. The van der Waals surface area contributed by atoms with Gasteiger partial charge in [0, 0.05) is 0 Å². The predicted molar refractivity (Wildman–Crippen MR) is 60.0 cm³/mol. The third-order valence-corrected chi connectivity index (χ3v) is 3.42. The standard InChI is InChI=1S/C11H17BO4/c1-10(2)11(3,4)16-12(15-10)8-5-9(13)7-14-6-8/h5H,6-7H2,1-4H3. The normalized spacial score (nSPS) is 28.1. The van der Waals surface area contributed by atoms with Crippen LogP contribution in [0.25, 0.3) is 0 Å². The van der Waals surface area contributed by atoms with Crippen molar-refractivity contribution in [2.75, 3.05) is 13.2 Å². The Morgan fingerprint density at radius 2 is 1.69 bits per heavy atom. The average Bonchev–Trinajstić information content (AvgIpc) is 2.36. The van der Waals surface area contributed by atoms with Gasteiger partial charge in [0.2, 0.25) is 0 Å². The molecule has 0 aliphatic carbocycles. The Bertz CT molecular complexity index is 330. The second-order valence-electron chi connectivity index (χ2n) is 5.27. The summed E-state index contributed by atoms with van der Waals surface area (Å²) in [6, 6.07) is 0. The zero-order valence-corrected chi connectivity index (χ0v) is 10.2. The van der Waals surface area contributed by atoms with E-state index in [4.69, 9.17) is 14.0 Å². The van der Waals surface area contributed by atoms with Crippen molar-refractivity contribution >= 4 is 12.9 Å². The first-order valence-corrected chi connectivity index (χ1v) is 5.48. The molecule has 0 spiro atoms. The molecule has 16 heavy (non-hydrogen) atoms. The molecule has 2 rings (SSSR count). The van der Waals surface area contributed by atoms with Crippen LogP contribution in [0, 0.1) is 0 Å². The van der Waals surface area contributed by atoms with Crippen molar-refractivity contribution in [2.45, 2.75) is 38.9 Å². The van der Waals surface area contributed by atoms with Gasteiger partial charge in [-0.25, -0.2) is 0 Å². The molecular formula is C11H17BO4. The second-order valence-corrected chi connectivity index (χ2v) is 5.27. The molecule has 0 unspecified atom stereocenters. The molecule has 1 saturated heterocycles. The van der Waals surface area contributed by atoms with Gasteiger partial charge in [0.05, 0.1) is 17.8 Å². The summed E-state index contributed by atoms with van der Waals surface area (Å²) in [5.41, 5.74) is 0.0211. The van der Waals surface area contributed by atoms with Crippen molar-refractivity contribution in [1.29, 1.82) is 0 Å². The van der Waals surface area contributed by atoms with Gasteiger partial charge in [-0.2, -0.15) is 0 Å². The fraction of sp³-hybridized carbons (Fsp3) is 0.727. The number of hydrogen-bond acceptors (Lipinski definition) is 4. The third-order valence-electron chi connectivity index (χ3n) is 3.42. The molecule has 5 heteroatoms. The molecule has 2 aliphatic rings. The largest absolute Gasteiger partial charge is 0.493 e. The van der Waals surface area contributed by atoms with E-state index in [0.29, 0.717) is 6.61 Å². The van der Waals surface area contributed by atoms with Crippen molar-refractivity contribution in [3.05, 3.63) is 11.5 Å². The molecule has 2 heterocycles. The Labute approximate surface area is 96.1 Å². The number of carbonyl (C=O) groups is 1. The molecule has 88 valence electrons. The SMILES string of the molecule is CC1(C)OB(C2=CC(=O)COC2)OC1(C)C. The highest BCUT2D eigenvalue weighted by Crippen LogP contribution is 2.38. The van der Waals surface area contributed by atoms with Crippen LogP contribution >= 0.6 is 0 Å². The maximum atomic E-state index is 11.2. The lowest BCUT2D eigenvalue weighted by Crippen LogP contribution is -2.41. The van der Waals surface area contributed by atoms with E-state index in [1.807, 2.05) is 27.7 Å². The van der Waals surface area contributed by atoms with Gasteiger partial charge in [0.15, 0.2) is 5.78 Å². The molecule has 0 atom stereocenters. The van der Waals surface area contributed by atoms with E-state index in [9.17, 15) is 4.79 Å². The Kier molecular flexibility index (Phi) is 2.73. The van der Waals surface area contributed by atoms with Gasteiger partial charge in [0.1, 0.15) is 6.61 Å². The predicted octanol–water partition coefficient (Wildman–Crippen LogP) is 1.14. The summed E-state index contributed by atoms with van der Waals surface area (Å²) in [6.45, 7) is 8.50. The molecule has 1 fully saturated rings. The first-order valence-electron chi connectivity index (χ1n) is 5.48. The Morgan fingerprint density at radius 3 is 2.19 bits per heavy atom. The summed E-state index contributed by atoms with van der Waals surface area (Å²) in [5.74, 6) is -0.0315. The first kappa shape index (κ1) is 11.8. The summed E-state index contributed by atoms with van der Waals surface area (Å²) in [7, 11) is -0.464. The van der Waals surface area contributed by atoms with Crippen LogP contribution in [0.2, 0.25) is 0 Å². The van der Waals surface area contributed by atoms with E-state index in [0.717, 1.165) is 5.47 Å². The van der Waals surface area contributed by atoms with Crippen molar-refractivity contribution in [3.8, 4) is 0 Å². The monoisotopic (exact) mass is 224 g/mol. The van der Waals surface area contributed by atoms with Crippen molar-refractivity contribution in [1.82, 2.24) is 0 Å². The molecule has 0 amide bonds. The van der Waals surface area contributed by atoms with Gasteiger partial charge in [-0.1, -0.05) is 0 Å². The van der Waals surface area contributed by atoms with Gasteiger partial charge in [-0.15, -0.1) is 0 Å². The minimum Gasteiger partial charge on any atom is -0.400 e. The number of hydrogen-bond donors (Lipinski definition) is 0. The van der Waals surface area contributed by atoms with Crippen molar-refractivity contribution in [3.63, 3.8) is 0 Å². The van der Waals surface area contributed by atoms with Crippen molar-refractivity contribution in [2.24, 2.45) is 0 Å². The summed E-state index contributed by atoms with van der Waals surface area (Å²) in [5, 5.41) is 0. The minimum atomic E-state index is -0.464. The zero-order valence-electron chi connectivity index (χ0n) is 10.2. The number of ketones is 1. The quantitative estimate of drug-likeness (QED) is 0.626. The van der Waals surface area contributed by atoms with Crippen LogP contribution in [0.3, 0.4) is 0 Å². The van der Waals surface area contributed by atoms with E-state index in [1.165, 1.54) is 0 Å². The molecule has 0 aromatic carbocycles. The van der Waals surface area contributed by atoms with Crippen molar-refractivity contribution < 1.29 is 18.8 Å². The highest BCUT2D eigenvalue weighted by Gasteiger charge is 2.52. The van der Waals surface area contributed by atoms with E-state index in [-0.39, 0.29) is 23.6 Å². The Morgan fingerprint density at radius 1 is 1.12 bits per heavy atom. The summed E-state index contributed by atoms with van der Waals surface area (Å²) in [4.78, 5) is 11.2. The number of rotatable bonds is 1. The zero-order chi connectivity index (χ0) is 12.0. The molecule has 0 aromatic heterocycles. The van der Waals surface area contributed by atoms with E-state index < -0.39 is 7.12 Å². The van der Waals surface area contributed by atoms with Crippen LogP contribution < -0.4 is 0 Å². The molecule has 0 aromatic rings. The van der Waals surface area contributed by atoms with Crippen LogP contribution in [0.15, 0.2) is 11.5 Å². The van der Waals surface area contributed by atoms with Crippen LogP contribution in [0.4, 0.5) is 0 Å². The molecule has 0 radical (unpaired) electrons. The number of carbonyl (C=O) groups excluding carboxylic acids is 1. The fourth-order valence-electron chi connectivity index (χ4n) is 1.69. The maximum Gasteiger partial charge on any atom is 0.493 e. The summed E-state index contributed by atoms with van der Waals surface area (Å²) < 4.78 is 16.8. The van der Waals surface area contributed by atoms with E-state index in [2.05, 4.69) is 0 Å². The highest BCUT2D eigenvalue weighted by atomic mass is 16.7. The summed E-state index contributed by atoms with van der Waals surface area (Å²) in [6.07, 6.45) is 1.58. The number of ether oxygens (including phenoxy) is 1. The lowest BCUT2D eigenvalue weighted by molar-refractivity contribution is -0.119. The molecular weight excluding hydrogens is 207 g/mol. The first-order chi connectivity index (χ1) is 7.32. The lowest BCUT2D eigenvalue weighted by Gasteiger charge is -2.32. The molecule has 0 N–H and O–H groups in total. The third kappa shape index (κ3) is 1.95. The Balaban J connectivity index is 2.17. The van der Waals surface area contributed by atoms with Crippen LogP contribution in [0.1, 0.15) is 27.7 Å². The van der Waals surface area contributed by atoms with Gasteiger partial charge in [-0.05, 0) is 39.2 Å². The Hall–Kier alpha value is -0.645. The maximum absolute atomic E-state index is 11.2. The van der Waals surface area contributed by atoms with Crippen LogP contribution in [0.5, 0.6) is 0 Å². The molecule has 2 aliphatic heterocycles. The van der Waals surface area contributed by atoms with Gasteiger partial charge < -0.3 is 14.0 Å². The van der Waals surface area contributed by atoms with Crippen LogP contribution in [-0.4, -0.2) is 37.3 Å². The fourth-order valence-corrected chi connectivity index (χ4v) is 1.69. The minimum absolute atomic E-state index is 0.0315. The highest BCUT2D eigenvalue weighted by molar-refractivity contribution is 6.55. The van der Waals surface area contributed by atoms with E-state index >= 15 is 0 Å². The van der Waals surface area contributed by atoms with Gasteiger partial charge >= 0.3 is 7.12 Å². The van der Waals surface area contributed by atoms with E-state index in [1.54, 1.807) is 6.08 Å².